The van der Waals surface area contributed by atoms with Crippen LogP contribution in [0.4, 0.5) is 5.69 Å². The second-order valence-electron chi connectivity index (χ2n) is 7.82. The normalized spacial score (nSPS) is 11.2. The van der Waals surface area contributed by atoms with Crippen LogP contribution >= 0.6 is 11.8 Å². The minimum Gasteiger partial charge on any atom is -0.325 e. The molecule has 0 atom stereocenters. The van der Waals surface area contributed by atoms with Gasteiger partial charge in [0.15, 0.2) is 11.0 Å². The summed E-state index contributed by atoms with van der Waals surface area (Å²) in [6, 6.07) is 14.7. The summed E-state index contributed by atoms with van der Waals surface area (Å²) in [5.74, 6) is 1.61. The fourth-order valence-corrected chi connectivity index (χ4v) is 4.42. The quantitative estimate of drug-likeness (QED) is 0.422. The Balaban J connectivity index is 1.72. The first-order chi connectivity index (χ1) is 15.0. The van der Waals surface area contributed by atoms with Gasteiger partial charge in [0, 0.05) is 17.8 Å². The molecule has 1 amide bonds. The van der Waals surface area contributed by atoms with E-state index in [0.717, 1.165) is 41.6 Å². The summed E-state index contributed by atoms with van der Waals surface area (Å²) < 4.78 is 2.07. The highest BCUT2D eigenvalue weighted by Gasteiger charge is 2.16. The molecule has 1 aromatic heterocycles. The van der Waals surface area contributed by atoms with Crippen LogP contribution in [-0.2, 0) is 24.2 Å². The number of nitrogens with zero attached hydrogens (tertiary/aromatic N) is 3. The van der Waals surface area contributed by atoms with Gasteiger partial charge in [-0.25, -0.2) is 0 Å². The van der Waals surface area contributed by atoms with Gasteiger partial charge < -0.3 is 9.88 Å². The number of aromatic nitrogens is 3. The highest BCUT2D eigenvalue weighted by atomic mass is 32.2. The first-order valence-electron chi connectivity index (χ1n) is 11.0. The maximum atomic E-state index is 12.7. The minimum atomic E-state index is -0.0194. The second-order valence-corrected chi connectivity index (χ2v) is 8.76. The summed E-state index contributed by atoms with van der Waals surface area (Å²) in [4.78, 5) is 12.7. The molecule has 5 nitrogen and oxygen atoms in total. The van der Waals surface area contributed by atoms with Crippen molar-refractivity contribution in [1.82, 2.24) is 14.8 Å². The molecule has 3 rings (SSSR count). The van der Waals surface area contributed by atoms with Gasteiger partial charge >= 0.3 is 0 Å². The summed E-state index contributed by atoms with van der Waals surface area (Å²) in [5, 5.41) is 12.7. The van der Waals surface area contributed by atoms with Crippen molar-refractivity contribution >= 4 is 23.4 Å². The fraction of sp³-hybridized carbons (Fsp3) is 0.400. The summed E-state index contributed by atoms with van der Waals surface area (Å²) in [6.07, 6.45) is 1.78. The number of thioether (sulfide) groups is 1. The Labute approximate surface area is 189 Å². The van der Waals surface area contributed by atoms with Gasteiger partial charge in [0.1, 0.15) is 0 Å². The molecule has 1 heterocycles. The highest BCUT2D eigenvalue weighted by Crippen LogP contribution is 2.27. The van der Waals surface area contributed by atoms with Crippen molar-refractivity contribution in [3.63, 3.8) is 0 Å². The maximum Gasteiger partial charge on any atom is 0.234 e. The molecule has 6 heteroatoms. The van der Waals surface area contributed by atoms with E-state index in [4.69, 9.17) is 0 Å². The van der Waals surface area contributed by atoms with Gasteiger partial charge in [-0.15, -0.1) is 10.2 Å². The lowest BCUT2D eigenvalue weighted by Crippen LogP contribution is -2.17. The number of carbonyl (C=O) groups excluding carboxylic acids is 1. The number of aryl methyl sites for hydroxylation is 2. The van der Waals surface area contributed by atoms with Crippen molar-refractivity contribution in [2.75, 3.05) is 11.1 Å². The first kappa shape index (κ1) is 23.1. The zero-order chi connectivity index (χ0) is 22.4. The van der Waals surface area contributed by atoms with Gasteiger partial charge in [-0.1, -0.05) is 81.9 Å². The van der Waals surface area contributed by atoms with Crippen molar-refractivity contribution in [3.8, 4) is 11.4 Å². The smallest absolute Gasteiger partial charge is 0.234 e. The zero-order valence-corrected chi connectivity index (χ0v) is 19.9. The summed E-state index contributed by atoms with van der Waals surface area (Å²) in [5.41, 5.74) is 5.64. The molecule has 0 aliphatic heterocycles. The molecule has 1 N–H and O–H groups in total. The topological polar surface area (TPSA) is 59.8 Å². The molecule has 3 aromatic rings. The second kappa shape index (κ2) is 10.6. The lowest BCUT2D eigenvalue weighted by atomic mass is 10.0. The van der Waals surface area contributed by atoms with Crippen LogP contribution in [0.1, 0.15) is 57.2 Å². The monoisotopic (exact) mass is 436 g/mol. The molecule has 2 aromatic carbocycles. The van der Waals surface area contributed by atoms with E-state index in [-0.39, 0.29) is 5.91 Å². The molecule has 0 saturated carbocycles. The van der Waals surface area contributed by atoms with E-state index in [1.807, 2.05) is 0 Å². The molecule has 0 aliphatic carbocycles. The number of carbonyl (C=O) groups is 1. The highest BCUT2D eigenvalue weighted by molar-refractivity contribution is 7.99. The molecule has 0 bridgehead atoms. The summed E-state index contributed by atoms with van der Waals surface area (Å²) in [7, 11) is 0. The lowest BCUT2D eigenvalue weighted by molar-refractivity contribution is -0.113. The van der Waals surface area contributed by atoms with E-state index in [2.05, 4.69) is 97.2 Å². The average molecular weight is 437 g/mol. The Kier molecular flexibility index (Phi) is 7.91. The predicted molar refractivity (Wildman–Crippen MR) is 130 cm³/mol. The Morgan fingerprint density at radius 3 is 2.19 bits per heavy atom. The minimum absolute atomic E-state index is 0.0194. The number of benzene rings is 2. The van der Waals surface area contributed by atoms with Crippen molar-refractivity contribution in [1.29, 1.82) is 0 Å². The third-order valence-corrected chi connectivity index (χ3v) is 6.43. The number of rotatable bonds is 9. The van der Waals surface area contributed by atoms with Crippen LogP contribution in [0, 0.1) is 0 Å². The molecule has 164 valence electrons. The van der Waals surface area contributed by atoms with E-state index < -0.39 is 0 Å². The van der Waals surface area contributed by atoms with Gasteiger partial charge in [0.2, 0.25) is 5.91 Å². The third-order valence-electron chi connectivity index (χ3n) is 5.46. The van der Waals surface area contributed by atoms with E-state index in [1.165, 1.54) is 28.5 Å². The molecule has 0 unspecified atom stereocenters. The maximum absolute atomic E-state index is 12.7. The van der Waals surface area contributed by atoms with E-state index >= 15 is 0 Å². The predicted octanol–water partition coefficient (Wildman–Crippen LogP) is 5.94. The molecule has 31 heavy (non-hydrogen) atoms. The van der Waals surface area contributed by atoms with Gasteiger partial charge in [0.25, 0.3) is 0 Å². The third kappa shape index (κ3) is 5.37. The SMILES string of the molecule is CCc1cccc(CC)c1NC(=O)CSc1nnc(-c2ccc(C(C)C)cc2)n1CC. The Morgan fingerprint density at radius 2 is 1.65 bits per heavy atom. The van der Waals surface area contributed by atoms with E-state index in [9.17, 15) is 4.79 Å². The molecular formula is C25H32N4OS. The number of hydrogen-bond acceptors (Lipinski definition) is 4. The Bertz CT molecular complexity index is 1000. The van der Waals surface area contributed by atoms with E-state index in [0.29, 0.717) is 11.7 Å². The van der Waals surface area contributed by atoms with Gasteiger partial charge in [-0.3, -0.25) is 4.79 Å². The lowest BCUT2D eigenvalue weighted by Gasteiger charge is -2.14. The molecular weight excluding hydrogens is 404 g/mol. The van der Waals surface area contributed by atoms with Crippen molar-refractivity contribution < 1.29 is 4.79 Å². The van der Waals surface area contributed by atoms with Crippen molar-refractivity contribution in [2.24, 2.45) is 0 Å². The molecule has 0 fully saturated rings. The number of nitrogens with one attached hydrogen (secondary N) is 1. The molecule has 0 spiro atoms. The van der Waals surface area contributed by atoms with Crippen molar-refractivity contribution in [2.45, 2.75) is 65.1 Å². The largest absolute Gasteiger partial charge is 0.325 e. The van der Waals surface area contributed by atoms with Crippen LogP contribution in [0.3, 0.4) is 0 Å². The van der Waals surface area contributed by atoms with Crippen LogP contribution in [0.2, 0.25) is 0 Å². The van der Waals surface area contributed by atoms with Crippen LogP contribution < -0.4 is 5.32 Å². The standard InChI is InChI=1S/C25H32N4OS/c1-6-18-10-9-11-19(7-2)23(18)26-22(30)16-31-25-28-27-24(29(25)8-3)21-14-12-20(13-15-21)17(4)5/h9-15,17H,6-8,16H2,1-5H3,(H,26,30). The Morgan fingerprint density at radius 1 is 1.00 bits per heavy atom. The van der Waals surface area contributed by atoms with Crippen molar-refractivity contribution in [3.05, 3.63) is 59.2 Å². The average Bonchev–Trinajstić information content (AvgIpc) is 3.20. The van der Waals surface area contributed by atoms with Gasteiger partial charge in [-0.05, 0) is 42.4 Å². The summed E-state index contributed by atoms with van der Waals surface area (Å²) >= 11 is 1.43. The van der Waals surface area contributed by atoms with Crippen LogP contribution in [0.5, 0.6) is 0 Å². The fourth-order valence-electron chi connectivity index (χ4n) is 3.62. The summed E-state index contributed by atoms with van der Waals surface area (Å²) in [6.45, 7) is 11.4. The van der Waals surface area contributed by atoms with Gasteiger partial charge in [0.05, 0.1) is 5.75 Å². The first-order valence-corrected chi connectivity index (χ1v) is 12.0. The van der Waals surface area contributed by atoms with Gasteiger partial charge in [-0.2, -0.15) is 0 Å². The number of amides is 1. The molecule has 0 radical (unpaired) electrons. The number of hydrogen-bond donors (Lipinski definition) is 1. The molecule has 0 saturated heterocycles. The van der Waals surface area contributed by atoms with E-state index in [1.54, 1.807) is 0 Å². The number of anilines is 1. The van der Waals surface area contributed by atoms with Crippen LogP contribution in [0.15, 0.2) is 47.6 Å². The molecule has 0 aliphatic rings. The van der Waals surface area contributed by atoms with Crippen LogP contribution in [0.25, 0.3) is 11.4 Å². The zero-order valence-electron chi connectivity index (χ0n) is 19.1. The number of para-hydroxylation sites is 1. The van der Waals surface area contributed by atoms with Crippen LogP contribution in [-0.4, -0.2) is 26.4 Å². The Hall–Kier alpha value is -2.60.